The molecule has 0 saturated carbocycles. The lowest BCUT2D eigenvalue weighted by molar-refractivity contribution is -0.00221. The number of hydrogen-bond donors (Lipinski definition) is 0. The maximum Gasteiger partial charge on any atom is 0.500 e. The van der Waals surface area contributed by atoms with Gasteiger partial charge in [0.1, 0.15) is 14.2 Å². The molecule has 2 atom stereocenters. The van der Waals surface area contributed by atoms with Gasteiger partial charge in [-0.15, -0.1) is 6.58 Å². The molecule has 1 fully saturated rings. The Morgan fingerprint density at radius 3 is 1.97 bits per heavy atom. The van der Waals surface area contributed by atoms with Crippen molar-refractivity contribution in [1.29, 1.82) is 0 Å². The van der Waals surface area contributed by atoms with Crippen LogP contribution in [0.1, 0.15) is 53.4 Å². The zero-order chi connectivity index (χ0) is 24.7. The fourth-order valence-electron chi connectivity index (χ4n) is 4.39. The second kappa shape index (κ2) is 12.2. The lowest BCUT2D eigenvalue weighted by atomic mass is 10.2. The van der Waals surface area contributed by atoms with Gasteiger partial charge in [0.05, 0.1) is 18.4 Å². The van der Waals surface area contributed by atoms with Crippen LogP contribution in [0.4, 0.5) is 0 Å². The Morgan fingerprint density at radius 1 is 1.00 bits per heavy atom. The van der Waals surface area contributed by atoms with Gasteiger partial charge in [0, 0.05) is 32.1 Å². The second-order valence-electron chi connectivity index (χ2n) is 10.2. The maximum absolute atomic E-state index is 7.17. The summed E-state index contributed by atoms with van der Waals surface area (Å²) in [5.41, 5.74) is 2.15. The van der Waals surface area contributed by atoms with Crippen molar-refractivity contribution in [3.05, 3.63) is 12.3 Å². The van der Waals surface area contributed by atoms with E-state index in [9.17, 15) is 0 Å². The molecule has 0 aromatic heterocycles. The van der Waals surface area contributed by atoms with Gasteiger partial charge in [0.15, 0.2) is 0 Å². The monoisotopic (exact) mass is 506 g/mol. The van der Waals surface area contributed by atoms with Crippen LogP contribution in [0.2, 0.25) is 32.2 Å². The minimum atomic E-state index is -2.90. The van der Waals surface area contributed by atoms with Crippen LogP contribution in [-0.4, -0.2) is 75.8 Å². The minimum Gasteiger partial charge on any atom is -0.412 e. The van der Waals surface area contributed by atoms with Crippen LogP contribution in [-0.2, 0) is 27.2 Å². The van der Waals surface area contributed by atoms with Gasteiger partial charge in [-0.1, -0.05) is 39.6 Å². The number of hydrogen-bond acceptors (Lipinski definition) is 6. The van der Waals surface area contributed by atoms with Crippen molar-refractivity contribution in [2.45, 2.75) is 102 Å². The molecule has 190 valence electrons. The third kappa shape index (κ3) is 7.08. The van der Waals surface area contributed by atoms with E-state index >= 15 is 0 Å². The summed E-state index contributed by atoms with van der Waals surface area (Å²) in [6.07, 6.45) is 3.78. The second-order valence-corrected chi connectivity index (χ2v) is 22.1. The molecule has 1 saturated heterocycles. The van der Waals surface area contributed by atoms with Crippen molar-refractivity contribution < 1.29 is 27.2 Å². The molecule has 0 spiro atoms. The highest BCUT2D eigenvalue weighted by Gasteiger charge is 2.57. The SMILES string of the molecule is C=C[Si](C)(C)C(C)(CC)O[Si](C)(C)C(CC)(CC)O[Si](CCCOCC1CO1)(OC)OC. The predicted molar refractivity (Wildman–Crippen MR) is 139 cm³/mol. The van der Waals surface area contributed by atoms with Gasteiger partial charge in [-0.05, 0) is 45.7 Å². The Kier molecular flexibility index (Phi) is 11.5. The Bertz CT molecular complexity index is 574. The van der Waals surface area contributed by atoms with Crippen LogP contribution in [0.15, 0.2) is 12.3 Å². The van der Waals surface area contributed by atoms with E-state index < -0.39 is 30.4 Å². The first-order valence-electron chi connectivity index (χ1n) is 12.2. The summed E-state index contributed by atoms with van der Waals surface area (Å²) >= 11 is 0. The van der Waals surface area contributed by atoms with E-state index in [1.807, 2.05) is 0 Å². The number of rotatable bonds is 18. The van der Waals surface area contributed by atoms with Gasteiger partial charge in [0.2, 0.25) is 8.32 Å². The molecule has 6 nitrogen and oxygen atoms in total. The summed E-state index contributed by atoms with van der Waals surface area (Å²) in [4.78, 5) is 0. The Morgan fingerprint density at radius 2 is 1.56 bits per heavy atom. The van der Waals surface area contributed by atoms with E-state index in [2.05, 4.69) is 66.2 Å². The molecule has 0 bridgehead atoms. The van der Waals surface area contributed by atoms with Crippen LogP contribution >= 0.6 is 0 Å². The van der Waals surface area contributed by atoms with Crippen LogP contribution in [0, 0.1) is 0 Å². The zero-order valence-corrected chi connectivity index (χ0v) is 25.5. The van der Waals surface area contributed by atoms with E-state index in [1.54, 1.807) is 14.2 Å². The first kappa shape index (κ1) is 30.2. The molecule has 1 rings (SSSR count). The van der Waals surface area contributed by atoms with E-state index in [0.29, 0.717) is 13.2 Å². The molecule has 1 aliphatic rings. The van der Waals surface area contributed by atoms with Crippen molar-refractivity contribution in [3.63, 3.8) is 0 Å². The van der Waals surface area contributed by atoms with Gasteiger partial charge in [-0.3, -0.25) is 0 Å². The van der Waals surface area contributed by atoms with Crippen LogP contribution < -0.4 is 0 Å². The van der Waals surface area contributed by atoms with Gasteiger partial charge in [-0.2, -0.15) is 0 Å². The summed E-state index contributed by atoms with van der Waals surface area (Å²) in [5, 5.41) is -0.609. The number of ether oxygens (including phenoxy) is 2. The molecule has 2 unspecified atom stereocenters. The molecule has 0 N–H and O–H groups in total. The molecular weight excluding hydrogens is 457 g/mol. The normalized spacial score (nSPS) is 19.6. The summed E-state index contributed by atoms with van der Waals surface area (Å²) in [5.74, 6) is 0. The predicted octanol–water partition coefficient (Wildman–Crippen LogP) is 5.50. The molecule has 32 heavy (non-hydrogen) atoms. The third-order valence-corrected chi connectivity index (χ3v) is 19.2. The molecule has 0 radical (unpaired) electrons. The molecule has 0 aliphatic carbocycles. The average Bonchev–Trinajstić information content (AvgIpc) is 3.59. The summed E-state index contributed by atoms with van der Waals surface area (Å²) in [6, 6.07) is 0.718. The molecule has 0 aromatic carbocycles. The van der Waals surface area contributed by atoms with Crippen molar-refractivity contribution in [1.82, 2.24) is 0 Å². The van der Waals surface area contributed by atoms with Crippen LogP contribution in [0.25, 0.3) is 0 Å². The van der Waals surface area contributed by atoms with E-state index in [-0.39, 0.29) is 11.3 Å². The first-order chi connectivity index (χ1) is 14.9. The first-order valence-corrected chi connectivity index (χ1v) is 20.1. The van der Waals surface area contributed by atoms with Crippen molar-refractivity contribution in [2.75, 3.05) is 34.0 Å². The van der Waals surface area contributed by atoms with Gasteiger partial charge in [0.25, 0.3) is 0 Å². The summed E-state index contributed by atoms with van der Waals surface area (Å²) in [6.45, 7) is 24.4. The lowest BCUT2D eigenvalue weighted by Gasteiger charge is -2.53. The Hall–Kier alpha value is 0.151. The quantitative estimate of drug-likeness (QED) is 0.139. The lowest BCUT2D eigenvalue weighted by Crippen LogP contribution is -2.68. The molecule has 1 heterocycles. The fraction of sp³-hybridized carbons (Fsp3) is 0.913. The highest BCUT2D eigenvalue weighted by molar-refractivity contribution is 6.86. The van der Waals surface area contributed by atoms with Crippen molar-refractivity contribution in [3.8, 4) is 0 Å². The van der Waals surface area contributed by atoms with Gasteiger partial charge >= 0.3 is 8.80 Å². The Balaban J connectivity index is 3.08. The molecule has 9 heteroatoms. The average molecular weight is 507 g/mol. The van der Waals surface area contributed by atoms with Crippen molar-refractivity contribution in [2.24, 2.45) is 0 Å². The fourth-order valence-corrected chi connectivity index (χ4v) is 14.5. The molecule has 0 aromatic rings. The highest BCUT2D eigenvalue weighted by atomic mass is 28.4. The smallest absolute Gasteiger partial charge is 0.412 e. The summed E-state index contributed by atoms with van der Waals surface area (Å²) < 4.78 is 37.1. The minimum absolute atomic E-state index is 0.202. The number of epoxide rings is 1. The maximum atomic E-state index is 7.17. The highest BCUT2D eigenvalue weighted by Crippen LogP contribution is 2.42. The largest absolute Gasteiger partial charge is 0.500 e. The zero-order valence-electron chi connectivity index (χ0n) is 22.5. The third-order valence-electron chi connectivity index (χ3n) is 7.72. The topological polar surface area (TPSA) is 58.7 Å². The van der Waals surface area contributed by atoms with E-state index in [0.717, 1.165) is 38.3 Å². The summed E-state index contributed by atoms with van der Waals surface area (Å²) in [7, 11) is -3.66. The van der Waals surface area contributed by atoms with Gasteiger partial charge in [-0.25, -0.2) is 0 Å². The molecular formula is C23H50O6Si3. The Labute approximate surface area is 200 Å². The van der Waals surface area contributed by atoms with Crippen molar-refractivity contribution >= 4 is 25.2 Å². The van der Waals surface area contributed by atoms with Crippen LogP contribution in [0.5, 0.6) is 0 Å². The molecule has 0 amide bonds. The standard InChI is InChI=1S/C23H50O6Si3/c1-12-22(5,30(8,9)15-4)28-31(10,11)23(13-2,14-3)29-32(24-6,25-7)18-16-17-26-19-21-20-27-21/h15,21H,4,12-14,16-20H2,1-3,5-11H3. The van der Waals surface area contributed by atoms with Crippen LogP contribution in [0.3, 0.4) is 0 Å². The van der Waals surface area contributed by atoms with E-state index in [4.69, 9.17) is 27.2 Å². The van der Waals surface area contributed by atoms with E-state index in [1.165, 1.54) is 0 Å². The molecule has 1 aliphatic heterocycles. The van der Waals surface area contributed by atoms with Gasteiger partial charge < -0.3 is 27.2 Å².